The number of nitrogens with one attached hydrogen (secondary N) is 1. The molecule has 1 N–H and O–H groups in total. The summed E-state index contributed by atoms with van der Waals surface area (Å²) in [5.41, 5.74) is 5.95. The smallest absolute Gasteiger partial charge is 0.256 e. The van der Waals surface area contributed by atoms with Crippen molar-refractivity contribution in [2.24, 2.45) is 0 Å². The van der Waals surface area contributed by atoms with Crippen LogP contribution in [0.25, 0.3) is 0 Å². The Hall–Kier alpha value is -2.62. The maximum absolute atomic E-state index is 12.8. The van der Waals surface area contributed by atoms with Crippen molar-refractivity contribution in [2.75, 3.05) is 10.2 Å². The van der Waals surface area contributed by atoms with Crippen LogP contribution in [0.5, 0.6) is 0 Å². The monoisotopic (exact) mass is 322 g/mol. The standard InChI is InChI=1S/C20H22N2O2/c1-12-5-8-18(15(4)9-12)22-19(23)11-17(20(22)24)21-16-7-6-13(2)14(3)10-16/h5-10,17,21H,11H2,1-4H3/t17-/m1/s1. The second-order valence-electron chi connectivity index (χ2n) is 6.56. The first kappa shape index (κ1) is 16.2. The molecule has 0 saturated carbocycles. The second kappa shape index (κ2) is 6.11. The molecule has 0 aliphatic carbocycles. The Kier molecular flexibility index (Phi) is 4.14. The molecule has 0 radical (unpaired) electrons. The minimum absolute atomic E-state index is 0.159. The largest absolute Gasteiger partial charge is 0.373 e. The summed E-state index contributed by atoms with van der Waals surface area (Å²) < 4.78 is 0. The summed E-state index contributed by atoms with van der Waals surface area (Å²) in [5, 5.41) is 3.21. The SMILES string of the molecule is Cc1ccc(N2C(=O)C[C@@H](Nc3ccc(C)c(C)c3)C2=O)c(C)c1. The summed E-state index contributed by atoms with van der Waals surface area (Å²) in [6, 6.07) is 11.2. The number of amides is 2. The highest BCUT2D eigenvalue weighted by Crippen LogP contribution is 2.28. The molecular weight excluding hydrogens is 300 g/mol. The van der Waals surface area contributed by atoms with Crippen LogP contribution in [0.1, 0.15) is 28.7 Å². The third-order valence-electron chi connectivity index (χ3n) is 4.59. The molecule has 1 heterocycles. The van der Waals surface area contributed by atoms with Crippen LogP contribution in [0, 0.1) is 27.7 Å². The number of carbonyl (C=O) groups excluding carboxylic acids is 2. The van der Waals surface area contributed by atoms with E-state index in [1.165, 1.54) is 10.5 Å². The number of imide groups is 1. The summed E-state index contributed by atoms with van der Waals surface area (Å²) in [4.78, 5) is 26.5. The Morgan fingerprint density at radius 3 is 2.33 bits per heavy atom. The van der Waals surface area contributed by atoms with Crippen molar-refractivity contribution in [3.05, 3.63) is 58.7 Å². The van der Waals surface area contributed by atoms with Crippen molar-refractivity contribution < 1.29 is 9.59 Å². The summed E-state index contributed by atoms with van der Waals surface area (Å²) in [5.74, 6) is -0.349. The van der Waals surface area contributed by atoms with Crippen molar-refractivity contribution in [3.8, 4) is 0 Å². The highest BCUT2D eigenvalue weighted by atomic mass is 16.2. The quantitative estimate of drug-likeness (QED) is 0.877. The molecule has 2 aromatic carbocycles. The number of anilines is 2. The Morgan fingerprint density at radius 1 is 0.917 bits per heavy atom. The molecule has 2 aromatic rings. The fourth-order valence-corrected chi connectivity index (χ4v) is 3.09. The number of hydrogen-bond acceptors (Lipinski definition) is 3. The van der Waals surface area contributed by atoms with Gasteiger partial charge in [-0.2, -0.15) is 0 Å². The van der Waals surface area contributed by atoms with Crippen molar-refractivity contribution in [1.29, 1.82) is 0 Å². The van der Waals surface area contributed by atoms with Gasteiger partial charge in [0.05, 0.1) is 12.1 Å². The lowest BCUT2D eigenvalue weighted by Gasteiger charge is -2.18. The van der Waals surface area contributed by atoms with Crippen LogP contribution in [-0.2, 0) is 9.59 Å². The van der Waals surface area contributed by atoms with E-state index in [2.05, 4.69) is 5.32 Å². The summed E-state index contributed by atoms with van der Waals surface area (Å²) in [7, 11) is 0. The molecule has 124 valence electrons. The molecule has 3 rings (SSSR count). The van der Waals surface area contributed by atoms with Gasteiger partial charge in [0.2, 0.25) is 5.91 Å². The zero-order valence-corrected chi connectivity index (χ0v) is 14.5. The van der Waals surface area contributed by atoms with Crippen LogP contribution < -0.4 is 10.2 Å². The first-order valence-electron chi connectivity index (χ1n) is 8.14. The molecule has 4 nitrogen and oxygen atoms in total. The number of hydrogen-bond donors (Lipinski definition) is 1. The molecule has 1 aliphatic rings. The number of rotatable bonds is 3. The molecule has 0 bridgehead atoms. The van der Waals surface area contributed by atoms with Gasteiger partial charge in [-0.1, -0.05) is 23.8 Å². The van der Waals surface area contributed by atoms with Crippen molar-refractivity contribution in [3.63, 3.8) is 0 Å². The first-order chi connectivity index (χ1) is 11.4. The van der Waals surface area contributed by atoms with Crippen molar-refractivity contribution >= 4 is 23.2 Å². The van der Waals surface area contributed by atoms with E-state index in [0.717, 1.165) is 22.4 Å². The number of carbonyl (C=O) groups is 2. The molecule has 2 amide bonds. The zero-order valence-electron chi connectivity index (χ0n) is 14.5. The van der Waals surface area contributed by atoms with Gasteiger partial charge in [-0.05, 0) is 62.6 Å². The zero-order chi connectivity index (χ0) is 17.4. The van der Waals surface area contributed by atoms with Gasteiger partial charge in [0.1, 0.15) is 6.04 Å². The van der Waals surface area contributed by atoms with E-state index in [9.17, 15) is 9.59 Å². The van der Waals surface area contributed by atoms with Crippen LogP contribution in [0.15, 0.2) is 36.4 Å². The third kappa shape index (κ3) is 2.92. The first-order valence-corrected chi connectivity index (χ1v) is 8.14. The van der Waals surface area contributed by atoms with Gasteiger partial charge >= 0.3 is 0 Å². The molecule has 0 aromatic heterocycles. The van der Waals surface area contributed by atoms with Crippen LogP contribution in [0.3, 0.4) is 0 Å². The number of benzene rings is 2. The highest BCUT2D eigenvalue weighted by Gasteiger charge is 2.40. The third-order valence-corrected chi connectivity index (χ3v) is 4.59. The normalized spacial score (nSPS) is 17.5. The predicted molar refractivity (Wildman–Crippen MR) is 96.4 cm³/mol. The van der Waals surface area contributed by atoms with Crippen LogP contribution in [0.4, 0.5) is 11.4 Å². The van der Waals surface area contributed by atoms with Crippen molar-refractivity contribution in [2.45, 2.75) is 40.2 Å². The molecule has 0 spiro atoms. The predicted octanol–water partition coefficient (Wildman–Crippen LogP) is 3.66. The summed E-state index contributed by atoms with van der Waals surface area (Å²) in [6.07, 6.45) is 0.180. The Balaban J connectivity index is 1.84. The topological polar surface area (TPSA) is 49.4 Å². The van der Waals surface area contributed by atoms with E-state index in [4.69, 9.17) is 0 Å². The van der Waals surface area contributed by atoms with E-state index >= 15 is 0 Å². The maximum Gasteiger partial charge on any atom is 0.256 e. The highest BCUT2D eigenvalue weighted by molar-refractivity contribution is 6.23. The van der Waals surface area contributed by atoms with Gasteiger partial charge in [-0.25, -0.2) is 4.90 Å². The fraction of sp³-hybridized carbons (Fsp3) is 0.300. The molecule has 1 saturated heterocycles. The van der Waals surface area contributed by atoms with Gasteiger partial charge in [-0.15, -0.1) is 0 Å². The fourth-order valence-electron chi connectivity index (χ4n) is 3.09. The average Bonchev–Trinajstić information content (AvgIpc) is 2.78. The second-order valence-corrected chi connectivity index (χ2v) is 6.56. The van der Waals surface area contributed by atoms with Crippen LogP contribution in [0.2, 0.25) is 0 Å². The van der Waals surface area contributed by atoms with Gasteiger partial charge in [0, 0.05) is 5.69 Å². The average molecular weight is 322 g/mol. The van der Waals surface area contributed by atoms with E-state index in [1.54, 1.807) is 0 Å². The number of nitrogens with zero attached hydrogens (tertiary/aromatic N) is 1. The molecular formula is C20H22N2O2. The lowest BCUT2D eigenvalue weighted by atomic mass is 10.1. The van der Waals surface area contributed by atoms with Crippen molar-refractivity contribution in [1.82, 2.24) is 0 Å². The molecule has 1 fully saturated rings. The number of aryl methyl sites for hydroxylation is 4. The lowest BCUT2D eigenvalue weighted by molar-refractivity contribution is -0.121. The van der Waals surface area contributed by atoms with Crippen LogP contribution >= 0.6 is 0 Å². The van der Waals surface area contributed by atoms with Gasteiger partial charge in [0.15, 0.2) is 0 Å². The van der Waals surface area contributed by atoms with Crippen LogP contribution in [-0.4, -0.2) is 17.9 Å². The van der Waals surface area contributed by atoms with E-state index in [0.29, 0.717) is 5.69 Å². The Bertz CT molecular complexity index is 826. The minimum atomic E-state index is -0.514. The molecule has 4 heteroatoms. The van der Waals surface area contributed by atoms with Gasteiger partial charge in [0.25, 0.3) is 5.91 Å². The van der Waals surface area contributed by atoms with E-state index in [-0.39, 0.29) is 18.2 Å². The van der Waals surface area contributed by atoms with Gasteiger partial charge in [-0.3, -0.25) is 9.59 Å². The van der Waals surface area contributed by atoms with Gasteiger partial charge < -0.3 is 5.32 Å². The van der Waals surface area contributed by atoms with E-state index < -0.39 is 6.04 Å². The molecule has 0 unspecified atom stereocenters. The summed E-state index contributed by atoms with van der Waals surface area (Å²) >= 11 is 0. The van der Waals surface area contributed by atoms with E-state index in [1.807, 2.05) is 64.1 Å². The molecule has 1 atom stereocenters. The summed E-state index contributed by atoms with van der Waals surface area (Å²) in [6.45, 7) is 8.00. The molecule has 24 heavy (non-hydrogen) atoms. The lowest BCUT2D eigenvalue weighted by Crippen LogP contribution is -2.35. The maximum atomic E-state index is 12.8. The Morgan fingerprint density at radius 2 is 1.67 bits per heavy atom. The minimum Gasteiger partial charge on any atom is -0.373 e. The Labute approximate surface area is 142 Å². The molecule has 1 aliphatic heterocycles.